The summed E-state index contributed by atoms with van der Waals surface area (Å²) >= 11 is 0. The van der Waals surface area contributed by atoms with Crippen LogP contribution in [0.15, 0.2) is 30.3 Å². The van der Waals surface area contributed by atoms with Crippen LogP contribution < -0.4 is 5.73 Å². The number of H-pyrrole nitrogens is 1. The first-order chi connectivity index (χ1) is 8.72. The van der Waals surface area contributed by atoms with Gasteiger partial charge in [-0.05, 0) is 18.6 Å². The molecular weight excluding hydrogens is 226 g/mol. The number of aromatic amines is 1. The summed E-state index contributed by atoms with van der Waals surface area (Å²) in [6.07, 6.45) is 1.68. The maximum absolute atomic E-state index is 5.75. The molecule has 1 aromatic carbocycles. The second-order valence-electron chi connectivity index (χ2n) is 4.38. The van der Waals surface area contributed by atoms with E-state index in [9.17, 15) is 0 Å². The largest absolute Gasteiger partial charge is 0.384 e. The number of imidazole rings is 1. The van der Waals surface area contributed by atoms with Crippen molar-refractivity contribution in [2.24, 2.45) is 7.05 Å². The molecule has 0 aliphatic heterocycles. The Bertz CT molecular complexity index is 627. The maximum Gasteiger partial charge on any atom is 0.121 e. The van der Waals surface area contributed by atoms with E-state index in [1.165, 1.54) is 0 Å². The highest BCUT2D eigenvalue weighted by Gasteiger charge is 2.05. The molecule has 0 atom stereocenters. The number of nitrogens with zero attached hydrogens (tertiary/aromatic N) is 3. The first kappa shape index (κ1) is 10.8. The van der Waals surface area contributed by atoms with Crippen LogP contribution in [0.1, 0.15) is 11.5 Å². The fourth-order valence-corrected chi connectivity index (χ4v) is 2.04. The number of nitrogens with one attached hydrogen (secondary N) is 1. The van der Waals surface area contributed by atoms with E-state index in [2.05, 4.69) is 15.1 Å². The van der Waals surface area contributed by atoms with Gasteiger partial charge < -0.3 is 10.7 Å². The molecule has 3 aromatic rings. The van der Waals surface area contributed by atoms with Crippen LogP contribution in [-0.2, 0) is 19.9 Å². The van der Waals surface area contributed by atoms with Crippen molar-refractivity contribution < 1.29 is 0 Å². The summed E-state index contributed by atoms with van der Waals surface area (Å²) in [7, 11) is 1.85. The minimum atomic E-state index is 0.689. The van der Waals surface area contributed by atoms with Gasteiger partial charge in [0.1, 0.15) is 11.6 Å². The number of hydrogen-bond acceptors (Lipinski definition) is 3. The van der Waals surface area contributed by atoms with Crippen molar-refractivity contribution >= 4 is 16.9 Å². The van der Waals surface area contributed by atoms with Gasteiger partial charge in [0.2, 0.25) is 0 Å². The Labute approximate surface area is 105 Å². The van der Waals surface area contributed by atoms with Gasteiger partial charge in [-0.2, -0.15) is 5.10 Å². The molecule has 18 heavy (non-hydrogen) atoms. The molecule has 0 saturated heterocycles. The number of fused-ring (bicyclic) bond motifs is 1. The number of rotatable bonds is 3. The number of anilines is 1. The third-order valence-electron chi connectivity index (χ3n) is 3.02. The minimum Gasteiger partial charge on any atom is -0.384 e. The van der Waals surface area contributed by atoms with Gasteiger partial charge in [-0.15, -0.1) is 0 Å². The summed E-state index contributed by atoms with van der Waals surface area (Å²) in [5.74, 6) is 1.68. The van der Waals surface area contributed by atoms with E-state index in [-0.39, 0.29) is 0 Å². The van der Waals surface area contributed by atoms with Crippen LogP contribution in [0, 0.1) is 0 Å². The molecule has 5 heteroatoms. The third-order valence-corrected chi connectivity index (χ3v) is 3.02. The van der Waals surface area contributed by atoms with E-state index in [1.807, 2.05) is 37.4 Å². The third kappa shape index (κ3) is 1.95. The van der Waals surface area contributed by atoms with Gasteiger partial charge in [-0.1, -0.05) is 12.1 Å². The average Bonchev–Trinajstić information content (AvgIpc) is 2.91. The van der Waals surface area contributed by atoms with Gasteiger partial charge in [-0.25, -0.2) is 4.98 Å². The predicted octanol–water partition coefficient (Wildman–Crippen LogP) is 1.66. The molecule has 0 aliphatic carbocycles. The molecule has 0 unspecified atom stereocenters. The van der Waals surface area contributed by atoms with Crippen LogP contribution in [0.5, 0.6) is 0 Å². The zero-order valence-corrected chi connectivity index (χ0v) is 10.2. The molecule has 0 fully saturated rings. The number of benzene rings is 1. The Morgan fingerprint density at radius 3 is 2.83 bits per heavy atom. The molecule has 0 saturated carbocycles. The van der Waals surface area contributed by atoms with Crippen molar-refractivity contribution in [3.8, 4) is 0 Å². The van der Waals surface area contributed by atoms with Crippen molar-refractivity contribution in [1.82, 2.24) is 19.7 Å². The van der Waals surface area contributed by atoms with E-state index in [0.717, 1.165) is 35.4 Å². The van der Waals surface area contributed by atoms with Gasteiger partial charge >= 0.3 is 0 Å². The Balaban J connectivity index is 1.76. The van der Waals surface area contributed by atoms with Crippen molar-refractivity contribution in [1.29, 1.82) is 0 Å². The van der Waals surface area contributed by atoms with Crippen LogP contribution in [0.3, 0.4) is 0 Å². The Hall–Kier alpha value is -2.30. The highest BCUT2D eigenvalue weighted by molar-refractivity contribution is 5.74. The Morgan fingerprint density at radius 1 is 1.28 bits per heavy atom. The molecule has 0 aliphatic rings. The van der Waals surface area contributed by atoms with Crippen LogP contribution in [0.2, 0.25) is 0 Å². The first-order valence-electron chi connectivity index (χ1n) is 5.94. The second kappa shape index (κ2) is 4.18. The van der Waals surface area contributed by atoms with Crippen molar-refractivity contribution in [3.63, 3.8) is 0 Å². The summed E-state index contributed by atoms with van der Waals surface area (Å²) in [5.41, 5.74) is 8.83. The zero-order chi connectivity index (χ0) is 12.5. The van der Waals surface area contributed by atoms with Crippen LogP contribution in [-0.4, -0.2) is 19.7 Å². The number of para-hydroxylation sites is 2. The molecule has 0 radical (unpaired) electrons. The molecule has 2 heterocycles. The normalized spacial score (nSPS) is 11.2. The maximum atomic E-state index is 5.75. The van der Waals surface area contributed by atoms with Crippen LogP contribution >= 0.6 is 0 Å². The van der Waals surface area contributed by atoms with Gasteiger partial charge in [0.25, 0.3) is 0 Å². The van der Waals surface area contributed by atoms with Gasteiger partial charge in [-0.3, -0.25) is 4.68 Å². The summed E-state index contributed by atoms with van der Waals surface area (Å²) in [5, 5.41) is 4.33. The molecule has 3 N–H and O–H groups in total. The first-order valence-corrected chi connectivity index (χ1v) is 5.94. The van der Waals surface area contributed by atoms with Gasteiger partial charge in [0, 0.05) is 19.5 Å². The summed E-state index contributed by atoms with van der Waals surface area (Å²) in [6.45, 7) is 0. The summed E-state index contributed by atoms with van der Waals surface area (Å²) in [4.78, 5) is 7.85. The van der Waals surface area contributed by atoms with E-state index < -0.39 is 0 Å². The molecule has 3 rings (SSSR count). The predicted molar refractivity (Wildman–Crippen MR) is 71.1 cm³/mol. The van der Waals surface area contributed by atoms with E-state index in [0.29, 0.717) is 5.82 Å². The van der Waals surface area contributed by atoms with Gasteiger partial charge in [0.15, 0.2) is 0 Å². The van der Waals surface area contributed by atoms with E-state index in [1.54, 1.807) is 4.68 Å². The molecule has 0 spiro atoms. The number of hydrogen-bond donors (Lipinski definition) is 2. The smallest absolute Gasteiger partial charge is 0.121 e. The molecule has 92 valence electrons. The molecule has 5 nitrogen and oxygen atoms in total. The van der Waals surface area contributed by atoms with E-state index >= 15 is 0 Å². The summed E-state index contributed by atoms with van der Waals surface area (Å²) < 4.78 is 1.69. The van der Waals surface area contributed by atoms with Gasteiger partial charge in [0.05, 0.1) is 16.7 Å². The number of aryl methyl sites for hydroxylation is 3. The zero-order valence-electron chi connectivity index (χ0n) is 10.2. The number of nitrogen functional groups attached to an aromatic ring is 1. The minimum absolute atomic E-state index is 0.689. The lowest BCUT2D eigenvalue weighted by Gasteiger charge is -1.93. The number of nitrogens with two attached hydrogens (primary N) is 1. The van der Waals surface area contributed by atoms with Crippen LogP contribution in [0.25, 0.3) is 11.0 Å². The molecule has 0 bridgehead atoms. The second-order valence-corrected chi connectivity index (χ2v) is 4.38. The lowest BCUT2D eigenvalue weighted by Crippen LogP contribution is -1.98. The van der Waals surface area contributed by atoms with E-state index in [4.69, 9.17) is 5.73 Å². The van der Waals surface area contributed by atoms with Crippen LogP contribution in [0.4, 0.5) is 5.82 Å². The molecule has 2 aromatic heterocycles. The SMILES string of the molecule is Cn1nc(CCc2nc3ccccc3[nH]2)cc1N. The monoisotopic (exact) mass is 241 g/mol. The fraction of sp³-hybridized carbons (Fsp3) is 0.231. The highest BCUT2D eigenvalue weighted by atomic mass is 15.3. The average molecular weight is 241 g/mol. The highest BCUT2D eigenvalue weighted by Crippen LogP contribution is 2.12. The summed E-state index contributed by atoms with van der Waals surface area (Å²) in [6, 6.07) is 9.94. The van der Waals surface area contributed by atoms with Crippen molar-refractivity contribution in [2.45, 2.75) is 12.8 Å². The Kier molecular flexibility index (Phi) is 2.51. The quantitative estimate of drug-likeness (QED) is 0.732. The number of aromatic nitrogens is 4. The Morgan fingerprint density at radius 2 is 2.11 bits per heavy atom. The standard InChI is InChI=1S/C13H15N5/c1-18-12(14)8-9(17-18)6-7-13-15-10-4-2-3-5-11(10)16-13/h2-5,8H,6-7,14H2,1H3,(H,15,16). The lowest BCUT2D eigenvalue weighted by atomic mass is 10.2. The molecular formula is C13H15N5. The molecule has 0 amide bonds. The van der Waals surface area contributed by atoms with Crippen molar-refractivity contribution in [3.05, 3.63) is 41.9 Å². The lowest BCUT2D eigenvalue weighted by molar-refractivity contribution is 0.740. The topological polar surface area (TPSA) is 72.5 Å². The van der Waals surface area contributed by atoms with Crippen molar-refractivity contribution in [2.75, 3.05) is 5.73 Å². The fourth-order valence-electron chi connectivity index (χ4n) is 2.04.